The first-order chi connectivity index (χ1) is 37.6. The number of anilines is 6. The number of hydrogen-bond acceptors (Lipinski definition) is 3. The number of hydrogen-bond donors (Lipinski definition) is 0. The van der Waals surface area contributed by atoms with Crippen LogP contribution in [0.15, 0.2) is 218 Å². The van der Waals surface area contributed by atoms with E-state index in [9.17, 15) is 0 Å². The van der Waals surface area contributed by atoms with E-state index in [0.717, 1.165) is 5.69 Å². The normalized spacial score (nSPS) is 13.4. The predicted molar refractivity (Wildman–Crippen MR) is 341 cm³/mol. The predicted octanol–water partition coefficient (Wildman–Crippen LogP) is 19.3. The topological polar surface area (TPSA) is 6.48 Å². The van der Waals surface area contributed by atoms with Crippen molar-refractivity contribution >= 4 is 110 Å². The maximum absolute atomic E-state index is 2.65. The van der Waals surface area contributed by atoms with E-state index < -0.39 is 0 Å². The van der Waals surface area contributed by atoms with E-state index >= 15 is 0 Å². The molecule has 0 fully saturated rings. The van der Waals surface area contributed by atoms with Crippen LogP contribution < -0.4 is 25.5 Å². The van der Waals surface area contributed by atoms with Crippen molar-refractivity contribution in [3.05, 3.63) is 235 Å². The molecule has 0 N–H and O–H groups in total. The zero-order chi connectivity index (χ0) is 53.4. The zero-order valence-corrected chi connectivity index (χ0v) is 47.0. The Morgan fingerprint density at radius 1 is 0.333 bits per heavy atom. The first kappa shape index (κ1) is 48.2. The highest BCUT2D eigenvalue weighted by Crippen LogP contribution is 2.52. The molecule has 0 unspecified atom stereocenters. The van der Waals surface area contributed by atoms with E-state index in [1.807, 2.05) is 11.3 Å². The van der Waals surface area contributed by atoms with Crippen LogP contribution in [0.1, 0.15) is 79.0 Å². The third-order valence-corrected chi connectivity index (χ3v) is 18.1. The lowest BCUT2D eigenvalue weighted by Crippen LogP contribution is -2.60. The molecule has 3 heterocycles. The van der Waals surface area contributed by atoms with Crippen molar-refractivity contribution in [2.75, 3.05) is 9.80 Å². The van der Waals surface area contributed by atoms with E-state index in [1.165, 1.54) is 137 Å². The Morgan fingerprint density at radius 3 is 1.45 bits per heavy atom. The molecule has 378 valence electrons. The molecule has 12 aromatic rings. The van der Waals surface area contributed by atoms with Crippen LogP contribution in [0.4, 0.5) is 34.1 Å². The van der Waals surface area contributed by atoms with Crippen LogP contribution in [-0.4, -0.2) is 6.71 Å². The molecule has 14 rings (SSSR count). The van der Waals surface area contributed by atoms with Crippen LogP contribution in [0.25, 0.3) is 75.8 Å². The van der Waals surface area contributed by atoms with Crippen LogP contribution in [0.2, 0.25) is 0 Å². The highest BCUT2D eigenvalue weighted by molar-refractivity contribution is 7.33. The summed E-state index contributed by atoms with van der Waals surface area (Å²) in [4.78, 5) is 5.26. The van der Waals surface area contributed by atoms with Crippen molar-refractivity contribution in [2.24, 2.45) is 0 Å². The van der Waals surface area contributed by atoms with Gasteiger partial charge in [0.15, 0.2) is 0 Å². The van der Waals surface area contributed by atoms with Crippen molar-refractivity contribution in [1.29, 1.82) is 0 Å². The van der Waals surface area contributed by atoms with Gasteiger partial charge in [0, 0.05) is 43.2 Å². The molecular weight excluding hydrogens is 960 g/mol. The third kappa shape index (κ3) is 7.66. The minimum absolute atomic E-state index is 0.0186. The van der Waals surface area contributed by atoms with Crippen LogP contribution in [0.5, 0.6) is 0 Å². The number of nitrogens with zero attached hydrogens (tertiary/aromatic N) is 2. The minimum atomic E-state index is -0.0949. The first-order valence-corrected chi connectivity index (χ1v) is 28.6. The van der Waals surface area contributed by atoms with Crippen LogP contribution in [0, 0.1) is 0 Å². The van der Waals surface area contributed by atoms with Gasteiger partial charge in [-0.05, 0) is 165 Å². The molecule has 2 aliphatic rings. The van der Waals surface area contributed by atoms with E-state index in [4.69, 9.17) is 0 Å². The molecule has 2 nitrogen and oxygen atoms in total. The smallest absolute Gasteiger partial charge is 0.264 e. The Balaban J connectivity index is 1.11. The molecule has 0 bridgehead atoms. The highest BCUT2D eigenvalue weighted by Gasteiger charge is 2.46. The van der Waals surface area contributed by atoms with Crippen molar-refractivity contribution in [3.8, 4) is 33.4 Å². The van der Waals surface area contributed by atoms with Gasteiger partial charge in [-0.2, -0.15) is 0 Å². The van der Waals surface area contributed by atoms with Crippen LogP contribution in [-0.2, 0) is 16.2 Å². The van der Waals surface area contributed by atoms with Gasteiger partial charge >= 0.3 is 0 Å². The molecule has 2 aliphatic heterocycles. The molecule has 0 atom stereocenters. The summed E-state index contributed by atoms with van der Waals surface area (Å²) < 4.78 is 2.68. The fourth-order valence-electron chi connectivity index (χ4n) is 12.8. The first-order valence-electron chi connectivity index (χ1n) is 27.8. The van der Waals surface area contributed by atoms with E-state index in [2.05, 4.69) is 291 Å². The second kappa shape index (κ2) is 17.7. The van der Waals surface area contributed by atoms with Crippen LogP contribution >= 0.6 is 11.3 Å². The summed E-state index contributed by atoms with van der Waals surface area (Å²) in [5.41, 5.74) is 21.0. The van der Waals surface area contributed by atoms with Gasteiger partial charge in [-0.1, -0.05) is 220 Å². The Bertz CT molecular complexity index is 4340. The van der Waals surface area contributed by atoms with Crippen LogP contribution in [0.3, 0.4) is 0 Å². The number of benzene rings is 11. The van der Waals surface area contributed by atoms with E-state index in [0.29, 0.717) is 0 Å². The standard InChI is InChI=1S/C74H63BN2S/c1-72(2,3)49-32-36-52(37-33-49)76-65-29-20-30-66-69(65)75(71-70(76)62-43-51(74(7,8)9)35-40-68(62)78-71)63-44-58(46-21-12-10-13-22-46)59(47-23-14-11-15-24-47)45-67(63)77(66)64-39-34-50(73(4,5)6)42-60(64)48-31-38-57-55-27-17-16-25-53(55)54-26-18-19-28-56(54)61(57)41-48/h10-45H,1-9H3. The maximum Gasteiger partial charge on any atom is 0.264 e. The van der Waals surface area contributed by atoms with Gasteiger partial charge in [0.25, 0.3) is 6.71 Å². The Labute approximate surface area is 464 Å². The van der Waals surface area contributed by atoms with Gasteiger partial charge in [-0.25, -0.2) is 0 Å². The molecule has 0 saturated heterocycles. The van der Waals surface area contributed by atoms with Gasteiger partial charge in [0.05, 0.1) is 11.4 Å². The summed E-state index contributed by atoms with van der Waals surface area (Å²) in [5, 5.41) is 8.97. The number of fused-ring (bicyclic) bond motifs is 12. The van der Waals surface area contributed by atoms with Crippen molar-refractivity contribution in [1.82, 2.24) is 0 Å². The van der Waals surface area contributed by atoms with Gasteiger partial charge < -0.3 is 9.80 Å². The SMILES string of the molecule is CC(C)(C)c1ccc(N2c3cccc4c3B(c3cc(-c5ccccc5)c(-c5ccccc5)cc3N4c3ccc(C(C)(C)C)cc3-c3ccc4c5ccccc5c5ccccc5c4c3)c3sc4ccc(C(C)(C)C)cc4c32)cc1. The third-order valence-electron chi connectivity index (χ3n) is 16.9. The summed E-state index contributed by atoms with van der Waals surface area (Å²) in [6.45, 7) is 20.9. The molecule has 78 heavy (non-hydrogen) atoms. The second-order valence-electron chi connectivity index (χ2n) is 24.9. The Kier molecular flexibility index (Phi) is 10.9. The Morgan fingerprint density at radius 2 is 0.846 bits per heavy atom. The molecule has 0 spiro atoms. The number of rotatable bonds is 5. The summed E-state index contributed by atoms with van der Waals surface area (Å²) in [6, 6.07) is 83.5. The lowest BCUT2D eigenvalue weighted by molar-refractivity contribution is 0.590. The average molecular weight is 1020 g/mol. The fourth-order valence-corrected chi connectivity index (χ4v) is 14.1. The second-order valence-corrected chi connectivity index (χ2v) is 26.0. The van der Waals surface area contributed by atoms with Gasteiger partial charge in [0.2, 0.25) is 0 Å². The van der Waals surface area contributed by atoms with E-state index in [-0.39, 0.29) is 23.0 Å². The highest BCUT2D eigenvalue weighted by atomic mass is 32.1. The fraction of sp³-hybridized carbons (Fsp3) is 0.162. The average Bonchev–Trinajstić information content (AvgIpc) is 3.91. The lowest BCUT2D eigenvalue weighted by Gasteiger charge is -2.44. The monoisotopic (exact) mass is 1020 g/mol. The van der Waals surface area contributed by atoms with Crippen molar-refractivity contribution in [2.45, 2.75) is 78.6 Å². The van der Waals surface area contributed by atoms with Gasteiger partial charge in [-0.15, -0.1) is 11.3 Å². The minimum Gasteiger partial charge on any atom is -0.311 e. The molecule has 4 heteroatoms. The molecule has 0 aliphatic carbocycles. The molecule has 1 aromatic heterocycles. The van der Waals surface area contributed by atoms with Gasteiger partial charge in [-0.3, -0.25) is 0 Å². The molecule has 11 aromatic carbocycles. The molecular formula is C74H63BN2S. The van der Waals surface area contributed by atoms with E-state index in [1.54, 1.807) is 0 Å². The Hall–Kier alpha value is -8.18. The molecule has 0 radical (unpaired) electrons. The number of thiophene rings is 1. The quantitative estimate of drug-likeness (QED) is 0.125. The largest absolute Gasteiger partial charge is 0.311 e. The molecule has 0 saturated carbocycles. The summed E-state index contributed by atoms with van der Waals surface area (Å²) >= 11 is 1.97. The summed E-state index contributed by atoms with van der Waals surface area (Å²) in [7, 11) is 0. The lowest BCUT2D eigenvalue weighted by atomic mass is 9.36. The maximum atomic E-state index is 2.65. The zero-order valence-electron chi connectivity index (χ0n) is 46.2. The van der Waals surface area contributed by atoms with Crippen molar-refractivity contribution < 1.29 is 0 Å². The molecule has 0 amide bonds. The summed E-state index contributed by atoms with van der Waals surface area (Å²) in [6.07, 6.45) is 0. The van der Waals surface area contributed by atoms with Gasteiger partial charge in [0.1, 0.15) is 0 Å². The summed E-state index contributed by atoms with van der Waals surface area (Å²) in [5.74, 6) is 0. The van der Waals surface area contributed by atoms with Crippen molar-refractivity contribution in [3.63, 3.8) is 0 Å².